The molecule has 2 N–H and O–H groups in total. The summed E-state index contributed by atoms with van der Waals surface area (Å²) >= 11 is 13.1. The number of benzene rings is 2. The van der Waals surface area contributed by atoms with Crippen LogP contribution in [0.25, 0.3) is 5.70 Å². The molecule has 1 aliphatic heterocycles. The van der Waals surface area contributed by atoms with Gasteiger partial charge in [0.2, 0.25) is 0 Å². The Morgan fingerprint density at radius 1 is 1.15 bits per heavy atom. The summed E-state index contributed by atoms with van der Waals surface area (Å²) < 4.78 is 6.12. The number of anilines is 1. The second-order valence-corrected chi connectivity index (χ2v) is 10.7. The van der Waals surface area contributed by atoms with E-state index in [0.29, 0.717) is 25.5 Å². The summed E-state index contributed by atoms with van der Waals surface area (Å²) in [4.78, 5) is 25.7. The number of ketones is 1. The largest absolute Gasteiger partial charge is 0.497 e. The molecule has 2 heterocycles. The number of fused-ring (bicyclic) bond motifs is 1. The molecular formula is C25H22Cl2N2O3S. The quantitative estimate of drug-likeness (QED) is 0.311. The molecule has 0 unspecified atom stereocenters. The van der Waals surface area contributed by atoms with Crippen LogP contribution in [0.15, 0.2) is 54.6 Å². The van der Waals surface area contributed by atoms with Crippen molar-refractivity contribution in [2.75, 3.05) is 12.4 Å². The van der Waals surface area contributed by atoms with Gasteiger partial charge in [0.1, 0.15) is 10.1 Å². The Morgan fingerprint density at radius 2 is 1.94 bits per heavy atom. The van der Waals surface area contributed by atoms with Gasteiger partial charge in [-0.1, -0.05) is 41.4 Å². The summed E-state index contributed by atoms with van der Waals surface area (Å²) in [6, 6.07) is 14.2. The van der Waals surface area contributed by atoms with Gasteiger partial charge in [-0.3, -0.25) is 9.59 Å². The first-order valence-electron chi connectivity index (χ1n) is 10.2. The number of allylic oxidation sites excluding steroid dienone is 1. The number of rotatable bonds is 5. The van der Waals surface area contributed by atoms with Gasteiger partial charge < -0.3 is 15.4 Å². The molecule has 1 aromatic heterocycles. The van der Waals surface area contributed by atoms with Crippen molar-refractivity contribution >= 4 is 57.6 Å². The van der Waals surface area contributed by atoms with Crippen LogP contribution in [-0.2, 0) is 6.42 Å². The number of thiophene rings is 1. The first-order valence-corrected chi connectivity index (χ1v) is 11.8. The number of ether oxygens (including phenoxy) is 1. The van der Waals surface area contributed by atoms with Crippen LogP contribution in [0.1, 0.15) is 45.7 Å². The Bertz CT molecular complexity index is 1280. The van der Waals surface area contributed by atoms with Crippen LogP contribution in [0.5, 0.6) is 5.75 Å². The van der Waals surface area contributed by atoms with Gasteiger partial charge in [0.05, 0.1) is 17.0 Å². The lowest BCUT2D eigenvalue weighted by molar-refractivity contribution is 0.102. The summed E-state index contributed by atoms with van der Waals surface area (Å²) in [7, 11) is 1.62. The maximum Gasteiger partial charge on any atom is 0.258 e. The lowest BCUT2D eigenvalue weighted by Crippen LogP contribution is -2.43. The molecule has 170 valence electrons. The van der Waals surface area contributed by atoms with Gasteiger partial charge in [-0.2, -0.15) is 0 Å². The topological polar surface area (TPSA) is 67.4 Å². The van der Waals surface area contributed by atoms with E-state index in [1.54, 1.807) is 37.5 Å². The fraction of sp³-hybridized carbons (Fsp3) is 0.200. The van der Waals surface area contributed by atoms with Crippen LogP contribution in [0.2, 0.25) is 8.67 Å². The van der Waals surface area contributed by atoms with E-state index in [2.05, 4.69) is 24.5 Å². The third kappa shape index (κ3) is 5.24. The molecule has 5 nitrogen and oxygen atoms in total. The molecule has 1 aliphatic rings. The van der Waals surface area contributed by atoms with Crippen LogP contribution in [0.3, 0.4) is 0 Å². The van der Waals surface area contributed by atoms with Crippen molar-refractivity contribution in [3.63, 3.8) is 0 Å². The average molecular weight is 501 g/mol. The number of nitrogens with one attached hydrogen (secondary N) is 2. The van der Waals surface area contributed by atoms with Gasteiger partial charge in [0.25, 0.3) is 5.91 Å². The van der Waals surface area contributed by atoms with Crippen LogP contribution < -0.4 is 15.4 Å². The summed E-state index contributed by atoms with van der Waals surface area (Å²) in [6.07, 6.45) is 2.42. The summed E-state index contributed by atoms with van der Waals surface area (Å²) in [5.41, 5.74) is 3.85. The molecule has 4 rings (SSSR count). The number of hydrogen-bond donors (Lipinski definition) is 2. The molecule has 0 saturated heterocycles. The van der Waals surface area contributed by atoms with Gasteiger partial charge in [-0.15, -0.1) is 11.3 Å². The van der Waals surface area contributed by atoms with E-state index in [4.69, 9.17) is 27.9 Å². The molecule has 0 saturated carbocycles. The summed E-state index contributed by atoms with van der Waals surface area (Å²) in [5.74, 6) is 0.157. The minimum absolute atomic E-state index is 0.184. The van der Waals surface area contributed by atoms with Gasteiger partial charge >= 0.3 is 0 Å². The molecule has 0 radical (unpaired) electrons. The van der Waals surface area contributed by atoms with Crippen molar-refractivity contribution in [1.82, 2.24) is 5.32 Å². The molecule has 2 aromatic carbocycles. The molecule has 8 heteroatoms. The highest BCUT2D eigenvalue weighted by molar-refractivity contribution is 7.20. The Balaban J connectivity index is 1.61. The number of hydrogen-bond acceptors (Lipinski definition) is 5. The highest BCUT2D eigenvalue weighted by Crippen LogP contribution is 2.33. The molecule has 0 aliphatic carbocycles. The lowest BCUT2D eigenvalue weighted by Gasteiger charge is -2.35. The average Bonchev–Trinajstić information content (AvgIpc) is 3.11. The van der Waals surface area contributed by atoms with E-state index in [-0.39, 0.29) is 17.2 Å². The molecule has 0 fully saturated rings. The Labute approximate surface area is 206 Å². The van der Waals surface area contributed by atoms with Crippen molar-refractivity contribution in [3.05, 3.63) is 85.5 Å². The molecule has 3 aromatic rings. The predicted molar refractivity (Wildman–Crippen MR) is 135 cm³/mol. The van der Waals surface area contributed by atoms with Crippen molar-refractivity contribution in [2.45, 2.75) is 25.8 Å². The summed E-state index contributed by atoms with van der Waals surface area (Å²) in [5, 5.41) is 6.24. The monoisotopic (exact) mass is 500 g/mol. The Morgan fingerprint density at radius 3 is 2.64 bits per heavy atom. The van der Waals surface area contributed by atoms with Gasteiger partial charge in [0, 0.05) is 34.1 Å². The number of methoxy groups -OCH3 is 1. The molecular weight excluding hydrogens is 479 g/mol. The number of halogens is 2. The van der Waals surface area contributed by atoms with Crippen LogP contribution in [0, 0.1) is 0 Å². The van der Waals surface area contributed by atoms with Crippen molar-refractivity contribution in [2.24, 2.45) is 0 Å². The first kappa shape index (κ1) is 23.4. The van der Waals surface area contributed by atoms with Crippen molar-refractivity contribution in [1.29, 1.82) is 0 Å². The van der Waals surface area contributed by atoms with Crippen molar-refractivity contribution < 1.29 is 14.3 Å². The van der Waals surface area contributed by atoms with Crippen molar-refractivity contribution in [3.8, 4) is 5.75 Å². The normalized spacial score (nSPS) is 15.5. The fourth-order valence-corrected chi connectivity index (χ4v) is 5.27. The molecule has 0 bridgehead atoms. The number of amides is 1. The zero-order valence-electron chi connectivity index (χ0n) is 18.3. The molecule has 33 heavy (non-hydrogen) atoms. The standard InChI is InChI=1S/C25H22Cl2N2O3S/c1-25(2)13-15-7-8-17(32-3)10-18(15)20(29-25)12-21(30)14-5-4-6-16(9-14)28-24(31)19-11-22(26)33-23(19)27/h4-12,29H,13H2,1-3H3,(H,28,31). The molecule has 1 amide bonds. The van der Waals surface area contributed by atoms with Gasteiger partial charge in [-0.05, 0) is 56.2 Å². The van der Waals surface area contributed by atoms with E-state index in [1.807, 2.05) is 18.2 Å². The van der Waals surface area contributed by atoms with E-state index in [9.17, 15) is 9.59 Å². The maximum absolute atomic E-state index is 13.2. The number of carbonyl (C=O) groups is 2. The second kappa shape index (κ2) is 9.21. The Kier molecular flexibility index (Phi) is 6.52. The SMILES string of the molecule is COc1ccc2c(c1)C(=CC(=O)c1cccc(NC(=O)c3cc(Cl)sc3Cl)c1)NC(C)(C)C2. The van der Waals surface area contributed by atoms with Crippen LogP contribution in [-0.4, -0.2) is 24.3 Å². The van der Waals surface area contributed by atoms with E-state index < -0.39 is 0 Å². The highest BCUT2D eigenvalue weighted by atomic mass is 35.5. The van der Waals surface area contributed by atoms with E-state index >= 15 is 0 Å². The van der Waals surface area contributed by atoms with Crippen LogP contribution >= 0.6 is 34.5 Å². The van der Waals surface area contributed by atoms with Gasteiger partial charge in [-0.25, -0.2) is 0 Å². The van der Waals surface area contributed by atoms with Crippen LogP contribution in [0.4, 0.5) is 5.69 Å². The smallest absolute Gasteiger partial charge is 0.258 e. The highest BCUT2D eigenvalue weighted by Gasteiger charge is 2.28. The number of carbonyl (C=O) groups excluding carboxylic acids is 2. The minimum atomic E-state index is -0.386. The van der Waals surface area contributed by atoms with E-state index in [0.717, 1.165) is 40.3 Å². The zero-order valence-corrected chi connectivity index (χ0v) is 20.6. The zero-order chi connectivity index (χ0) is 23.8. The summed E-state index contributed by atoms with van der Waals surface area (Å²) in [6.45, 7) is 4.19. The predicted octanol–water partition coefficient (Wildman–Crippen LogP) is 6.46. The minimum Gasteiger partial charge on any atom is -0.497 e. The molecule has 0 spiro atoms. The van der Waals surface area contributed by atoms with Gasteiger partial charge in [0.15, 0.2) is 5.78 Å². The third-order valence-electron chi connectivity index (χ3n) is 5.29. The Hall–Kier alpha value is -2.80. The second-order valence-electron chi connectivity index (χ2n) is 8.40. The lowest BCUT2D eigenvalue weighted by atomic mass is 9.85. The third-order valence-corrected chi connectivity index (χ3v) is 6.78. The maximum atomic E-state index is 13.2. The fourth-order valence-electron chi connectivity index (χ4n) is 3.81. The first-order chi connectivity index (χ1) is 15.6. The van der Waals surface area contributed by atoms with E-state index in [1.165, 1.54) is 6.07 Å². The molecule has 0 atom stereocenters.